The van der Waals surface area contributed by atoms with Crippen LogP contribution in [-0.4, -0.2) is 55.4 Å². The van der Waals surface area contributed by atoms with Crippen LogP contribution in [0.15, 0.2) is 12.3 Å². The van der Waals surface area contributed by atoms with Gasteiger partial charge in [0.25, 0.3) is 0 Å². The van der Waals surface area contributed by atoms with E-state index in [0.717, 1.165) is 11.5 Å². The molecule has 28 heavy (non-hydrogen) atoms. The Labute approximate surface area is 165 Å². The van der Waals surface area contributed by atoms with Crippen LogP contribution >= 0.6 is 19.4 Å². The summed E-state index contributed by atoms with van der Waals surface area (Å²) < 4.78 is 41.1. The molecule has 156 valence electrons. The molecule has 1 aromatic rings. The zero-order chi connectivity index (χ0) is 20.8. The molecule has 0 bridgehead atoms. The summed E-state index contributed by atoms with van der Waals surface area (Å²) in [7, 11) is -2.89. The summed E-state index contributed by atoms with van der Waals surface area (Å²) in [4.78, 5) is 35.5. The van der Waals surface area contributed by atoms with Gasteiger partial charge in [0.05, 0.1) is 20.1 Å². The van der Waals surface area contributed by atoms with Crippen molar-refractivity contribution in [1.29, 1.82) is 0 Å². The number of nitrogens with one attached hydrogen (secondary N) is 1. The summed E-state index contributed by atoms with van der Waals surface area (Å²) in [5, 5.41) is 2.52. The third-order valence-electron chi connectivity index (χ3n) is 3.67. The predicted molar refractivity (Wildman–Crippen MR) is 95.3 cm³/mol. The number of aromatic nitrogens is 1. The van der Waals surface area contributed by atoms with Gasteiger partial charge < -0.3 is 14.8 Å². The lowest BCUT2D eigenvalue weighted by molar-refractivity contribution is -0.144. The van der Waals surface area contributed by atoms with Gasteiger partial charge in [-0.15, -0.1) is 0 Å². The molecule has 1 amide bonds. The zero-order valence-electron chi connectivity index (χ0n) is 15.5. The fraction of sp³-hybridized carbons (Fsp3) is 0.600. The molecule has 0 aliphatic carbocycles. The molecular weight excluding hydrogens is 415 g/mol. The lowest BCUT2D eigenvalue weighted by Gasteiger charge is -2.39. The molecule has 0 radical (unpaired) electrons. The summed E-state index contributed by atoms with van der Waals surface area (Å²) in [5.41, 5.74) is -0.814. The van der Waals surface area contributed by atoms with Crippen LogP contribution in [0.25, 0.3) is 0 Å². The minimum atomic E-state index is -4.14. The van der Waals surface area contributed by atoms with E-state index in [2.05, 4.69) is 14.4 Å². The van der Waals surface area contributed by atoms with Crippen LogP contribution in [0, 0.1) is 5.41 Å². The number of carbonyl (C=O) groups is 3. The van der Waals surface area contributed by atoms with Crippen molar-refractivity contribution >= 4 is 37.2 Å². The van der Waals surface area contributed by atoms with E-state index in [0.29, 0.717) is 0 Å². The molecule has 2 atom stereocenters. The molecule has 1 aromatic heterocycles. The summed E-state index contributed by atoms with van der Waals surface area (Å²) in [5.74, 6) is -1.77. The Bertz CT molecular complexity index is 753. The largest absolute Gasteiger partial charge is 0.478 e. The number of esters is 2. The van der Waals surface area contributed by atoms with Gasteiger partial charge in [-0.2, -0.15) is 0 Å². The Morgan fingerprint density at radius 2 is 2.18 bits per heavy atom. The lowest BCUT2D eigenvalue weighted by Crippen LogP contribution is -2.50. The zero-order valence-corrected chi connectivity index (χ0v) is 17.2. The molecule has 1 N–H and O–H groups in total. The quantitative estimate of drug-likeness (QED) is 0.362. The molecule has 0 spiro atoms. The number of rotatable bonds is 8. The van der Waals surface area contributed by atoms with Gasteiger partial charge in [-0.1, -0.05) is 13.8 Å². The van der Waals surface area contributed by atoms with Gasteiger partial charge >= 0.3 is 19.8 Å². The van der Waals surface area contributed by atoms with Gasteiger partial charge in [0.15, 0.2) is 6.10 Å². The lowest BCUT2D eigenvalue weighted by atomic mass is 9.87. The van der Waals surface area contributed by atoms with E-state index in [9.17, 15) is 18.9 Å². The number of phosphoric acid groups is 1. The van der Waals surface area contributed by atoms with Gasteiger partial charge in [-0.3, -0.25) is 18.6 Å². The van der Waals surface area contributed by atoms with E-state index in [4.69, 9.17) is 18.3 Å². The fourth-order valence-corrected chi connectivity index (χ4v) is 4.11. The average molecular weight is 436 g/mol. The minimum absolute atomic E-state index is 0.0203. The van der Waals surface area contributed by atoms with Crippen LogP contribution < -0.4 is 5.32 Å². The summed E-state index contributed by atoms with van der Waals surface area (Å²) in [6, 6.07) is 1.46. The monoisotopic (exact) mass is 436 g/mol. The Morgan fingerprint density at radius 3 is 2.82 bits per heavy atom. The van der Waals surface area contributed by atoms with Crippen LogP contribution in [0.3, 0.4) is 0 Å². The van der Waals surface area contributed by atoms with Crippen molar-refractivity contribution in [1.82, 2.24) is 9.69 Å². The number of carbonyl (C=O) groups excluding carboxylic acids is 3. The van der Waals surface area contributed by atoms with Crippen molar-refractivity contribution in [3.05, 3.63) is 17.1 Å². The second-order valence-electron chi connectivity index (χ2n) is 6.37. The van der Waals surface area contributed by atoms with Gasteiger partial charge in [0.1, 0.15) is 4.88 Å². The number of amides is 1. The summed E-state index contributed by atoms with van der Waals surface area (Å²) in [6.07, 6.45) is 0.248. The molecule has 1 aliphatic heterocycles. The van der Waals surface area contributed by atoms with Crippen LogP contribution in [0.5, 0.6) is 0 Å². The van der Waals surface area contributed by atoms with Crippen molar-refractivity contribution in [3.8, 4) is 0 Å². The molecule has 2 rings (SSSR count). The number of methoxy groups -OCH3 is 1. The Balaban J connectivity index is 1.89. The van der Waals surface area contributed by atoms with E-state index >= 15 is 0 Å². The van der Waals surface area contributed by atoms with Gasteiger partial charge in [-0.05, 0) is 17.6 Å². The number of nitrogens with zero attached hydrogens (tertiary/aromatic N) is 1. The van der Waals surface area contributed by atoms with Crippen molar-refractivity contribution in [2.24, 2.45) is 5.41 Å². The number of hydrogen-bond donors (Lipinski definition) is 1. The third kappa shape index (κ3) is 6.08. The van der Waals surface area contributed by atoms with E-state index < -0.39 is 44.0 Å². The maximum atomic E-state index is 12.6. The fourth-order valence-electron chi connectivity index (χ4n) is 2.11. The smallest absolute Gasteiger partial charge is 0.469 e. The van der Waals surface area contributed by atoms with E-state index in [1.165, 1.54) is 19.4 Å². The Hall–Kier alpha value is -1.85. The van der Waals surface area contributed by atoms with Crippen molar-refractivity contribution < 1.29 is 42.0 Å². The molecule has 1 fully saturated rings. The first-order valence-corrected chi connectivity index (χ1v) is 10.4. The SMILES string of the molecule is COC(=O)CCNC(=O)[C@@H]1OP(=O)(OCOC(=O)c2ccns2)OCC1(C)C. The third-order valence-corrected chi connectivity index (χ3v) is 5.74. The molecule has 0 aromatic carbocycles. The van der Waals surface area contributed by atoms with Crippen molar-refractivity contribution in [3.63, 3.8) is 0 Å². The molecule has 11 nitrogen and oxygen atoms in total. The van der Waals surface area contributed by atoms with E-state index in [1.807, 2.05) is 0 Å². The molecule has 0 saturated carbocycles. The van der Waals surface area contributed by atoms with Gasteiger partial charge in [0, 0.05) is 18.2 Å². The molecular formula is C15H21N2O9PS. The van der Waals surface area contributed by atoms with Crippen LogP contribution in [0.2, 0.25) is 0 Å². The highest BCUT2D eigenvalue weighted by Crippen LogP contribution is 2.57. The van der Waals surface area contributed by atoms with Crippen LogP contribution in [-0.2, 0) is 37.2 Å². The molecule has 1 unspecified atom stereocenters. The second kappa shape index (κ2) is 9.57. The Morgan fingerprint density at radius 1 is 1.43 bits per heavy atom. The summed E-state index contributed by atoms with van der Waals surface area (Å²) >= 11 is 0.934. The molecule has 13 heteroatoms. The summed E-state index contributed by atoms with van der Waals surface area (Å²) in [6.45, 7) is 2.61. The topological polar surface area (TPSA) is 139 Å². The maximum absolute atomic E-state index is 12.6. The Kier molecular flexibility index (Phi) is 7.67. The number of phosphoric ester groups is 1. The average Bonchev–Trinajstić information content (AvgIpc) is 3.18. The first-order chi connectivity index (χ1) is 13.2. The van der Waals surface area contributed by atoms with Gasteiger partial charge in [0.2, 0.25) is 12.7 Å². The minimum Gasteiger partial charge on any atom is -0.469 e. The number of hydrogen-bond acceptors (Lipinski definition) is 11. The van der Waals surface area contributed by atoms with Crippen LogP contribution in [0.4, 0.5) is 0 Å². The maximum Gasteiger partial charge on any atom is 0.478 e. The highest BCUT2D eigenvalue weighted by Gasteiger charge is 2.49. The second-order valence-corrected chi connectivity index (χ2v) is 8.82. The number of ether oxygens (including phenoxy) is 2. The molecule has 2 heterocycles. The normalized spacial score (nSPS) is 23.6. The van der Waals surface area contributed by atoms with Crippen molar-refractivity contribution in [2.75, 3.05) is 27.1 Å². The molecule has 1 aliphatic rings. The first-order valence-electron chi connectivity index (χ1n) is 8.17. The van der Waals surface area contributed by atoms with E-state index in [-0.39, 0.29) is 24.4 Å². The van der Waals surface area contributed by atoms with Crippen LogP contribution in [0.1, 0.15) is 29.9 Å². The molecule has 1 saturated heterocycles. The first kappa shape index (κ1) is 22.4. The van der Waals surface area contributed by atoms with Gasteiger partial charge in [-0.25, -0.2) is 18.3 Å². The van der Waals surface area contributed by atoms with E-state index in [1.54, 1.807) is 13.8 Å². The standard InChI is InChI=1S/C15H21N2O9PS/c1-15(2)8-24-27(21,25-9-23-14(20)10-4-7-17-28-10)26-12(15)13(19)16-6-5-11(18)22-3/h4,7,12H,5-6,8-9H2,1-3H3,(H,16,19)/t12-,27?/m0/s1. The highest BCUT2D eigenvalue weighted by atomic mass is 32.1. The van der Waals surface area contributed by atoms with Crippen molar-refractivity contribution in [2.45, 2.75) is 26.4 Å². The highest BCUT2D eigenvalue weighted by molar-refractivity contribution is 7.48. The predicted octanol–water partition coefficient (Wildman–Crippen LogP) is 1.50.